The topological polar surface area (TPSA) is 83.5 Å². The van der Waals surface area contributed by atoms with E-state index in [1.807, 2.05) is 19.9 Å². The molecule has 0 bridgehead atoms. The lowest BCUT2D eigenvalue weighted by molar-refractivity contribution is 0.0696. The predicted molar refractivity (Wildman–Crippen MR) is 80.1 cm³/mol. The monoisotopic (exact) mass is 305 g/mol. The van der Waals surface area contributed by atoms with Crippen molar-refractivity contribution in [2.75, 3.05) is 4.72 Å². The summed E-state index contributed by atoms with van der Waals surface area (Å²) < 4.78 is 27.2. The number of carboxylic acids is 1. The minimum absolute atomic E-state index is 0.0705. The molecular weight excluding hydrogens is 290 g/mol. The number of aryl methyl sites for hydroxylation is 1. The SMILES string of the molecule is Cc1cccc(NS(=O)(=O)c2cccc(C(=O)O)c2)c1C. The minimum atomic E-state index is -3.82. The Hall–Kier alpha value is -2.34. The molecule has 6 heteroatoms. The van der Waals surface area contributed by atoms with Crippen LogP contribution in [0.4, 0.5) is 5.69 Å². The van der Waals surface area contributed by atoms with Gasteiger partial charge in [-0.2, -0.15) is 0 Å². The lowest BCUT2D eigenvalue weighted by Crippen LogP contribution is -2.14. The van der Waals surface area contributed by atoms with Gasteiger partial charge < -0.3 is 5.11 Å². The zero-order valence-corrected chi connectivity index (χ0v) is 12.4. The Morgan fingerprint density at radius 1 is 1.10 bits per heavy atom. The van der Waals surface area contributed by atoms with Crippen molar-refractivity contribution in [3.8, 4) is 0 Å². The van der Waals surface area contributed by atoms with Crippen LogP contribution in [0.1, 0.15) is 21.5 Å². The molecule has 0 unspecified atom stereocenters. The average Bonchev–Trinajstić information content (AvgIpc) is 2.44. The zero-order valence-electron chi connectivity index (χ0n) is 11.6. The van der Waals surface area contributed by atoms with E-state index in [2.05, 4.69) is 4.72 Å². The first-order chi connectivity index (χ1) is 9.81. The van der Waals surface area contributed by atoms with E-state index in [4.69, 9.17) is 5.11 Å². The number of rotatable bonds is 4. The molecular formula is C15H15NO4S. The summed E-state index contributed by atoms with van der Waals surface area (Å²) in [7, 11) is -3.82. The van der Waals surface area contributed by atoms with Gasteiger partial charge in [0.05, 0.1) is 16.1 Å². The Labute approximate surface area is 123 Å². The van der Waals surface area contributed by atoms with Crippen molar-refractivity contribution in [1.82, 2.24) is 0 Å². The van der Waals surface area contributed by atoms with Gasteiger partial charge in [-0.1, -0.05) is 18.2 Å². The highest BCUT2D eigenvalue weighted by Gasteiger charge is 2.17. The second-order valence-electron chi connectivity index (χ2n) is 4.69. The highest BCUT2D eigenvalue weighted by atomic mass is 32.2. The molecule has 0 radical (unpaired) electrons. The van der Waals surface area contributed by atoms with Crippen molar-refractivity contribution in [2.24, 2.45) is 0 Å². The van der Waals surface area contributed by atoms with Crippen molar-refractivity contribution < 1.29 is 18.3 Å². The summed E-state index contributed by atoms with van der Waals surface area (Å²) in [5.74, 6) is -1.17. The maximum atomic E-state index is 12.3. The van der Waals surface area contributed by atoms with Crippen LogP contribution in [0.25, 0.3) is 0 Å². The average molecular weight is 305 g/mol. The molecule has 0 amide bonds. The molecule has 2 aromatic rings. The molecule has 21 heavy (non-hydrogen) atoms. The maximum absolute atomic E-state index is 12.3. The highest BCUT2D eigenvalue weighted by Crippen LogP contribution is 2.22. The largest absolute Gasteiger partial charge is 0.478 e. The fraction of sp³-hybridized carbons (Fsp3) is 0.133. The summed E-state index contributed by atoms with van der Waals surface area (Å²) in [4.78, 5) is 10.8. The molecule has 2 N–H and O–H groups in total. The first-order valence-electron chi connectivity index (χ1n) is 6.23. The molecule has 0 aliphatic rings. The fourth-order valence-electron chi connectivity index (χ4n) is 1.86. The minimum Gasteiger partial charge on any atom is -0.478 e. The van der Waals surface area contributed by atoms with Crippen LogP contribution in [0.15, 0.2) is 47.4 Å². The van der Waals surface area contributed by atoms with Gasteiger partial charge in [-0.15, -0.1) is 0 Å². The Morgan fingerprint density at radius 2 is 1.76 bits per heavy atom. The molecule has 2 aromatic carbocycles. The van der Waals surface area contributed by atoms with Crippen LogP contribution < -0.4 is 4.72 Å². The van der Waals surface area contributed by atoms with Crippen LogP contribution in [0.3, 0.4) is 0 Å². The van der Waals surface area contributed by atoms with E-state index < -0.39 is 16.0 Å². The number of anilines is 1. The summed E-state index contributed by atoms with van der Waals surface area (Å²) in [6.07, 6.45) is 0. The van der Waals surface area contributed by atoms with Crippen LogP contribution in [0.2, 0.25) is 0 Å². The number of benzene rings is 2. The van der Waals surface area contributed by atoms with Gasteiger partial charge in [-0.25, -0.2) is 13.2 Å². The van der Waals surface area contributed by atoms with Crippen molar-refractivity contribution in [3.05, 3.63) is 59.2 Å². The number of hydrogen-bond acceptors (Lipinski definition) is 3. The van der Waals surface area contributed by atoms with E-state index in [0.717, 1.165) is 17.2 Å². The van der Waals surface area contributed by atoms with Gasteiger partial charge in [0.2, 0.25) is 0 Å². The number of carbonyl (C=O) groups is 1. The third kappa shape index (κ3) is 3.22. The normalized spacial score (nSPS) is 11.1. The van der Waals surface area contributed by atoms with Gasteiger partial charge >= 0.3 is 5.97 Å². The molecule has 0 saturated heterocycles. The second kappa shape index (κ2) is 5.57. The van der Waals surface area contributed by atoms with Crippen molar-refractivity contribution >= 4 is 21.7 Å². The van der Waals surface area contributed by atoms with Crippen molar-refractivity contribution in [1.29, 1.82) is 0 Å². The molecule has 0 atom stereocenters. The Balaban J connectivity index is 2.41. The van der Waals surface area contributed by atoms with Crippen LogP contribution >= 0.6 is 0 Å². The van der Waals surface area contributed by atoms with Crippen molar-refractivity contribution in [2.45, 2.75) is 18.7 Å². The van der Waals surface area contributed by atoms with Gasteiger partial charge in [-0.05, 0) is 49.2 Å². The van der Waals surface area contributed by atoms with E-state index in [-0.39, 0.29) is 10.5 Å². The van der Waals surface area contributed by atoms with Crippen LogP contribution in [0, 0.1) is 13.8 Å². The van der Waals surface area contributed by atoms with Crippen LogP contribution in [-0.4, -0.2) is 19.5 Å². The first-order valence-corrected chi connectivity index (χ1v) is 7.72. The van der Waals surface area contributed by atoms with E-state index >= 15 is 0 Å². The number of carboxylic acid groups (broad SMARTS) is 1. The summed E-state index contributed by atoms with van der Waals surface area (Å²) in [6, 6.07) is 10.6. The highest BCUT2D eigenvalue weighted by molar-refractivity contribution is 7.92. The van der Waals surface area contributed by atoms with Crippen molar-refractivity contribution in [3.63, 3.8) is 0 Å². The van der Waals surface area contributed by atoms with E-state index in [1.54, 1.807) is 12.1 Å². The second-order valence-corrected chi connectivity index (χ2v) is 6.37. The molecule has 0 heterocycles. The first kappa shape index (κ1) is 15.1. The van der Waals surface area contributed by atoms with E-state index in [9.17, 15) is 13.2 Å². The van der Waals surface area contributed by atoms with Gasteiger partial charge in [0.25, 0.3) is 10.0 Å². The molecule has 5 nitrogen and oxygen atoms in total. The Kier molecular flexibility index (Phi) is 3.99. The zero-order chi connectivity index (χ0) is 15.6. The third-order valence-corrected chi connectivity index (χ3v) is 4.60. The summed E-state index contributed by atoms with van der Waals surface area (Å²) >= 11 is 0. The summed E-state index contributed by atoms with van der Waals surface area (Å²) in [5, 5.41) is 8.93. The maximum Gasteiger partial charge on any atom is 0.335 e. The van der Waals surface area contributed by atoms with Crippen LogP contribution in [0.5, 0.6) is 0 Å². The molecule has 110 valence electrons. The van der Waals surface area contributed by atoms with Gasteiger partial charge in [0.1, 0.15) is 0 Å². The number of sulfonamides is 1. The Morgan fingerprint density at radius 3 is 2.43 bits per heavy atom. The Bertz CT molecular complexity index is 797. The van der Waals surface area contributed by atoms with E-state index in [1.165, 1.54) is 18.2 Å². The molecule has 0 aromatic heterocycles. The number of aromatic carboxylic acids is 1. The van der Waals surface area contributed by atoms with Gasteiger partial charge in [0.15, 0.2) is 0 Å². The standard InChI is InChI=1S/C15H15NO4S/c1-10-5-3-8-14(11(10)2)16-21(19,20)13-7-4-6-12(9-13)15(17)18/h3-9,16H,1-2H3,(H,17,18). The lowest BCUT2D eigenvalue weighted by atomic mass is 10.1. The van der Waals surface area contributed by atoms with E-state index in [0.29, 0.717) is 5.69 Å². The molecule has 0 aliphatic heterocycles. The third-order valence-electron chi connectivity index (χ3n) is 3.24. The fourth-order valence-corrected chi connectivity index (χ4v) is 3.03. The number of hydrogen-bond donors (Lipinski definition) is 2. The van der Waals surface area contributed by atoms with Gasteiger partial charge in [-0.3, -0.25) is 4.72 Å². The quantitative estimate of drug-likeness (QED) is 0.909. The summed E-state index contributed by atoms with van der Waals surface area (Å²) in [5.41, 5.74) is 2.21. The lowest BCUT2D eigenvalue weighted by Gasteiger charge is -2.12. The number of nitrogens with one attached hydrogen (secondary N) is 1. The molecule has 2 rings (SSSR count). The predicted octanol–water partition coefficient (Wildman–Crippen LogP) is 2.80. The smallest absolute Gasteiger partial charge is 0.335 e. The molecule has 0 fully saturated rings. The molecule has 0 spiro atoms. The molecule has 0 aliphatic carbocycles. The molecule has 0 saturated carbocycles. The van der Waals surface area contributed by atoms with Gasteiger partial charge in [0, 0.05) is 0 Å². The summed E-state index contributed by atoms with van der Waals surface area (Å²) in [6.45, 7) is 3.71. The van der Waals surface area contributed by atoms with Crippen LogP contribution in [-0.2, 0) is 10.0 Å².